The zero-order valence-electron chi connectivity index (χ0n) is 11.4. The molecule has 1 heterocycles. The Hall–Kier alpha value is -1.67. The van der Waals surface area contributed by atoms with Crippen LogP contribution in [0.15, 0.2) is 42.7 Å². The molecule has 98 valence electrons. The van der Waals surface area contributed by atoms with Crippen molar-refractivity contribution in [2.45, 2.75) is 38.8 Å². The topological polar surface area (TPSA) is 24.9 Å². The molecule has 0 unspecified atom stereocenters. The van der Waals surface area contributed by atoms with Crippen LogP contribution in [0.25, 0.3) is 0 Å². The Bertz CT molecular complexity index is 559. The molecular weight excluding hydrogens is 232 g/mol. The maximum atomic E-state index is 4.13. The molecule has 0 amide bonds. The van der Waals surface area contributed by atoms with Crippen LogP contribution in [0.2, 0.25) is 0 Å². The van der Waals surface area contributed by atoms with Crippen molar-refractivity contribution in [1.82, 2.24) is 10.3 Å². The van der Waals surface area contributed by atoms with Gasteiger partial charge in [0.1, 0.15) is 0 Å². The molecule has 0 bridgehead atoms. The molecule has 0 radical (unpaired) electrons. The van der Waals surface area contributed by atoms with E-state index in [0.717, 1.165) is 19.0 Å². The summed E-state index contributed by atoms with van der Waals surface area (Å²) in [5.74, 6) is 0.820. The van der Waals surface area contributed by atoms with Crippen molar-refractivity contribution in [3.63, 3.8) is 0 Å². The first-order valence-electron chi connectivity index (χ1n) is 7.02. The van der Waals surface area contributed by atoms with Crippen LogP contribution >= 0.6 is 0 Å². The van der Waals surface area contributed by atoms with Gasteiger partial charge in [0.25, 0.3) is 0 Å². The molecule has 19 heavy (non-hydrogen) atoms. The molecule has 0 saturated heterocycles. The SMILES string of the molecule is Cc1cnccc1CNCc1ccccc1C1CC1. The number of nitrogens with zero attached hydrogens (tertiary/aromatic N) is 1. The van der Waals surface area contributed by atoms with Gasteiger partial charge in [0.05, 0.1) is 0 Å². The Labute approximate surface area is 114 Å². The summed E-state index contributed by atoms with van der Waals surface area (Å²) in [6.45, 7) is 3.98. The van der Waals surface area contributed by atoms with Gasteiger partial charge < -0.3 is 5.32 Å². The predicted octanol–water partition coefficient (Wildman–Crippen LogP) is 3.56. The minimum atomic E-state index is 0.820. The first-order valence-corrected chi connectivity index (χ1v) is 7.02. The lowest BCUT2D eigenvalue weighted by Crippen LogP contribution is -2.14. The van der Waals surface area contributed by atoms with E-state index in [4.69, 9.17) is 0 Å². The maximum Gasteiger partial charge on any atom is 0.0300 e. The summed E-state index contributed by atoms with van der Waals surface area (Å²) in [7, 11) is 0. The molecule has 0 spiro atoms. The van der Waals surface area contributed by atoms with Gasteiger partial charge >= 0.3 is 0 Å². The maximum absolute atomic E-state index is 4.13. The second-order valence-corrected chi connectivity index (χ2v) is 5.38. The summed E-state index contributed by atoms with van der Waals surface area (Å²) in [5, 5.41) is 3.55. The average Bonchev–Trinajstić information content (AvgIpc) is 3.26. The van der Waals surface area contributed by atoms with Crippen LogP contribution in [0.5, 0.6) is 0 Å². The van der Waals surface area contributed by atoms with Crippen LogP contribution in [0.4, 0.5) is 0 Å². The third kappa shape index (κ3) is 3.02. The third-order valence-electron chi connectivity index (χ3n) is 3.84. The largest absolute Gasteiger partial charge is 0.309 e. The van der Waals surface area contributed by atoms with Gasteiger partial charge in [-0.05, 0) is 54.0 Å². The number of aromatic nitrogens is 1. The third-order valence-corrected chi connectivity index (χ3v) is 3.84. The first kappa shape index (κ1) is 12.4. The van der Waals surface area contributed by atoms with E-state index in [2.05, 4.69) is 47.6 Å². The lowest BCUT2D eigenvalue weighted by Gasteiger charge is -2.11. The number of rotatable bonds is 5. The molecular formula is C17H20N2. The Morgan fingerprint density at radius 3 is 2.68 bits per heavy atom. The average molecular weight is 252 g/mol. The second kappa shape index (κ2) is 5.54. The predicted molar refractivity (Wildman–Crippen MR) is 77.9 cm³/mol. The molecule has 0 aliphatic heterocycles. The molecule has 1 aliphatic carbocycles. The van der Waals surface area contributed by atoms with Crippen molar-refractivity contribution in [3.05, 3.63) is 65.0 Å². The fraction of sp³-hybridized carbons (Fsp3) is 0.353. The van der Waals surface area contributed by atoms with E-state index in [-0.39, 0.29) is 0 Å². The van der Waals surface area contributed by atoms with Gasteiger partial charge in [-0.2, -0.15) is 0 Å². The molecule has 2 heteroatoms. The summed E-state index contributed by atoms with van der Waals surface area (Å²) >= 11 is 0. The van der Waals surface area contributed by atoms with E-state index < -0.39 is 0 Å². The zero-order valence-corrected chi connectivity index (χ0v) is 11.4. The van der Waals surface area contributed by atoms with Gasteiger partial charge in [-0.25, -0.2) is 0 Å². The minimum absolute atomic E-state index is 0.820. The minimum Gasteiger partial charge on any atom is -0.309 e. The van der Waals surface area contributed by atoms with E-state index in [0.29, 0.717) is 0 Å². The number of hydrogen-bond acceptors (Lipinski definition) is 2. The standard InChI is InChI=1S/C17H20N2/c1-13-10-18-9-8-15(13)11-19-12-16-4-2-3-5-17(16)14-6-7-14/h2-5,8-10,14,19H,6-7,11-12H2,1H3. The van der Waals surface area contributed by atoms with Crippen molar-refractivity contribution in [2.75, 3.05) is 0 Å². The van der Waals surface area contributed by atoms with Gasteiger partial charge in [0.2, 0.25) is 0 Å². The summed E-state index contributed by atoms with van der Waals surface area (Å²) in [6.07, 6.45) is 6.51. The summed E-state index contributed by atoms with van der Waals surface area (Å²) < 4.78 is 0. The number of benzene rings is 1. The molecule has 3 rings (SSSR count). The normalized spacial score (nSPS) is 14.6. The summed E-state index contributed by atoms with van der Waals surface area (Å²) in [4.78, 5) is 4.13. The molecule has 1 saturated carbocycles. The molecule has 1 aromatic heterocycles. The Kier molecular flexibility index (Phi) is 3.60. The van der Waals surface area contributed by atoms with Crippen LogP contribution < -0.4 is 5.32 Å². The van der Waals surface area contributed by atoms with E-state index in [9.17, 15) is 0 Å². The van der Waals surface area contributed by atoms with Gasteiger partial charge in [0.15, 0.2) is 0 Å². The van der Waals surface area contributed by atoms with Crippen LogP contribution in [0.3, 0.4) is 0 Å². The Balaban J connectivity index is 1.62. The lowest BCUT2D eigenvalue weighted by atomic mass is 10.0. The zero-order chi connectivity index (χ0) is 13.1. The van der Waals surface area contributed by atoms with Crippen LogP contribution in [-0.2, 0) is 13.1 Å². The van der Waals surface area contributed by atoms with Gasteiger partial charge in [0, 0.05) is 25.5 Å². The highest BCUT2D eigenvalue weighted by Crippen LogP contribution is 2.41. The van der Waals surface area contributed by atoms with Crippen LogP contribution in [0.1, 0.15) is 41.0 Å². The first-order chi connectivity index (χ1) is 9.34. The molecule has 1 fully saturated rings. The smallest absolute Gasteiger partial charge is 0.0300 e. The number of nitrogens with one attached hydrogen (secondary N) is 1. The summed E-state index contributed by atoms with van der Waals surface area (Å²) in [6, 6.07) is 10.9. The molecule has 1 N–H and O–H groups in total. The Morgan fingerprint density at radius 1 is 1.11 bits per heavy atom. The number of aryl methyl sites for hydroxylation is 1. The lowest BCUT2D eigenvalue weighted by molar-refractivity contribution is 0.684. The fourth-order valence-corrected chi connectivity index (χ4v) is 2.52. The van der Waals surface area contributed by atoms with Crippen LogP contribution in [0, 0.1) is 6.92 Å². The molecule has 1 aliphatic rings. The monoisotopic (exact) mass is 252 g/mol. The Morgan fingerprint density at radius 2 is 1.89 bits per heavy atom. The highest BCUT2D eigenvalue weighted by Gasteiger charge is 2.25. The highest BCUT2D eigenvalue weighted by molar-refractivity contribution is 5.33. The van der Waals surface area contributed by atoms with E-state index in [1.54, 1.807) is 5.56 Å². The van der Waals surface area contributed by atoms with Crippen LogP contribution in [-0.4, -0.2) is 4.98 Å². The summed E-state index contributed by atoms with van der Waals surface area (Å²) in [5.41, 5.74) is 5.59. The highest BCUT2D eigenvalue weighted by atomic mass is 14.8. The van der Waals surface area contributed by atoms with Crippen molar-refractivity contribution >= 4 is 0 Å². The van der Waals surface area contributed by atoms with Crippen molar-refractivity contribution in [1.29, 1.82) is 0 Å². The van der Waals surface area contributed by atoms with Crippen molar-refractivity contribution in [2.24, 2.45) is 0 Å². The van der Waals surface area contributed by atoms with Gasteiger partial charge in [-0.15, -0.1) is 0 Å². The van der Waals surface area contributed by atoms with E-state index in [1.165, 1.54) is 29.5 Å². The molecule has 2 nitrogen and oxygen atoms in total. The molecule has 1 aromatic carbocycles. The van der Waals surface area contributed by atoms with Crippen molar-refractivity contribution in [3.8, 4) is 0 Å². The second-order valence-electron chi connectivity index (χ2n) is 5.38. The molecule has 2 aromatic rings. The number of hydrogen-bond donors (Lipinski definition) is 1. The van der Waals surface area contributed by atoms with Crippen molar-refractivity contribution < 1.29 is 0 Å². The van der Waals surface area contributed by atoms with E-state index in [1.807, 2.05) is 12.4 Å². The van der Waals surface area contributed by atoms with E-state index >= 15 is 0 Å². The fourth-order valence-electron chi connectivity index (χ4n) is 2.52. The van der Waals surface area contributed by atoms with Gasteiger partial charge in [-0.3, -0.25) is 4.98 Å². The number of pyridine rings is 1. The molecule has 0 atom stereocenters. The quantitative estimate of drug-likeness (QED) is 0.880. The van der Waals surface area contributed by atoms with Gasteiger partial charge in [-0.1, -0.05) is 24.3 Å².